The van der Waals surface area contributed by atoms with Gasteiger partial charge in [0.05, 0.1) is 17.0 Å². The molecule has 0 atom stereocenters. The molecule has 36 heavy (non-hydrogen) atoms. The average molecular weight is 513 g/mol. The van der Waals surface area contributed by atoms with Gasteiger partial charge in [-0.3, -0.25) is 18.9 Å². The predicted octanol–water partition coefficient (Wildman–Crippen LogP) is 5.06. The Hall–Kier alpha value is -3.75. The molecule has 1 saturated heterocycles. The molecule has 1 aliphatic heterocycles. The van der Waals surface area contributed by atoms with E-state index in [2.05, 4.69) is 17.4 Å². The molecule has 1 N–H and O–H groups in total. The molecular weight excluding hydrogens is 488 g/mol. The fourth-order valence-electron chi connectivity index (χ4n) is 4.03. The molecule has 0 spiro atoms. The fourth-order valence-corrected chi connectivity index (χ4v) is 5.26. The van der Waals surface area contributed by atoms with Crippen LogP contribution in [0.25, 0.3) is 11.7 Å². The second kappa shape index (κ2) is 10.5. The Balaban J connectivity index is 1.49. The largest absolute Gasteiger partial charge is 0.369 e. The number of anilines is 1. The van der Waals surface area contributed by atoms with Gasteiger partial charge < -0.3 is 5.32 Å². The maximum Gasteiger partial charge on any atom is 0.267 e. The van der Waals surface area contributed by atoms with Crippen LogP contribution in [0.5, 0.6) is 0 Å². The summed E-state index contributed by atoms with van der Waals surface area (Å²) in [6.07, 6.45) is 4.16. The molecule has 1 aliphatic rings. The monoisotopic (exact) mass is 512 g/mol. The summed E-state index contributed by atoms with van der Waals surface area (Å²) in [6.45, 7) is 2.90. The van der Waals surface area contributed by atoms with Crippen molar-refractivity contribution in [3.05, 3.63) is 117 Å². The van der Waals surface area contributed by atoms with Crippen LogP contribution in [0.2, 0.25) is 0 Å². The van der Waals surface area contributed by atoms with Gasteiger partial charge in [-0.05, 0) is 42.2 Å². The summed E-state index contributed by atoms with van der Waals surface area (Å²) in [5, 5.41) is 3.32. The highest BCUT2D eigenvalue weighted by Gasteiger charge is 2.32. The Morgan fingerprint density at radius 3 is 2.39 bits per heavy atom. The van der Waals surface area contributed by atoms with Crippen molar-refractivity contribution >= 4 is 51.7 Å². The highest BCUT2D eigenvalue weighted by molar-refractivity contribution is 8.26. The van der Waals surface area contributed by atoms with Crippen molar-refractivity contribution in [2.45, 2.75) is 19.9 Å². The van der Waals surface area contributed by atoms with Gasteiger partial charge in [0.1, 0.15) is 15.8 Å². The molecule has 2 aromatic carbocycles. The summed E-state index contributed by atoms with van der Waals surface area (Å²) in [5.74, 6) is 0.242. The third-order valence-corrected chi connectivity index (χ3v) is 7.26. The van der Waals surface area contributed by atoms with Crippen molar-refractivity contribution in [3.63, 3.8) is 0 Å². The van der Waals surface area contributed by atoms with Gasteiger partial charge in [-0.15, -0.1) is 0 Å². The standard InChI is InChI=1S/C28H24N4O2S2/c1-19-12-13-24-30-25(29-15-14-20-8-4-2-5-9-20)22(26(33)31(24)17-19)16-23-27(34)32(28(35)36-23)18-21-10-6-3-7-11-21/h2-13,16-17,29H,14-15,18H2,1H3. The smallest absolute Gasteiger partial charge is 0.267 e. The first-order valence-electron chi connectivity index (χ1n) is 11.6. The molecule has 2 aromatic heterocycles. The van der Waals surface area contributed by atoms with Crippen molar-refractivity contribution in [3.8, 4) is 0 Å². The second-order valence-corrected chi connectivity index (χ2v) is 10.2. The summed E-state index contributed by atoms with van der Waals surface area (Å²) < 4.78 is 1.99. The van der Waals surface area contributed by atoms with Crippen molar-refractivity contribution in [1.29, 1.82) is 0 Å². The molecule has 1 fully saturated rings. The van der Waals surface area contributed by atoms with Crippen LogP contribution in [0.4, 0.5) is 5.82 Å². The molecule has 0 aliphatic carbocycles. The third kappa shape index (κ3) is 5.10. The fraction of sp³-hybridized carbons (Fsp3) is 0.143. The first kappa shape index (κ1) is 24.0. The Bertz CT molecular complexity index is 1530. The highest BCUT2D eigenvalue weighted by Crippen LogP contribution is 2.34. The van der Waals surface area contributed by atoms with Crippen LogP contribution < -0.4 is 10.9 Å². The van der Waals surface area contributed by atoms with E-state index in [1.54, 1.807) is 17.2 Å². The first-order valence-corrected chi connectivity index (χ1v) is 12.8. The molecule has 0 saturated carbocycles. The number of nitrogens with one attached hydrogen (secondary N) is 1. The minimum atomic E-state index is -0.237. The second-order valence-electron chi connectivity index (χ2n) is 8.53. The molecule has 3 heterocycles. The molecule has 6 nitrogen and oxygen atoms in total. The number of amides is 1. The van der Waals surface area contributed by atoms with E-state index in [4.69, 9.17) is 17.2 Å². The lowest BCUT2D eigenvalue weighted by molar-refractivity contribution is -0.122. The minimum Gasteiger partial charge on any atom is -0.369 e. The maximum absolute atomic E-state index is 13.6. The Kier molecular flexibility index (Phi) is 6.97. The van der Waals surface area contributed by atoms with Crippen molar-refractivity contribution < 1.29 is 4.79 Å². The van der Waals surface area contributed by atoms with Crippen LogP contribution in [0.1, 0.15) is 22.3 Å². The van der Waals surface area contributed by atoms with Crippen LogP contribution in [0.15, 0.2) is 88.7 Å². The number of fused-ring (bicyclic) bond motifs is 1. The number of thioether (sulfide) groups is 1. The molecule has 4 aromatic rings. The van der Waals surface area contributed by atoms with E-state index in [1.807, 2.05) is 67.6 Å². The van der Waals surface area contributed by atoms with Crippen molar-refractivity contribution in [2.75, 3.05) is 11.9 Å². The quantitative estimate of drug-likeness (QED) is 0.276. The SMILES string of the molecule is Cc1ccc2nc(NCCc3ccccc3)c(C=C3SC(=S)N(Cc4ccccc4)C3=O)c(=O)n2c1. The van der Waals surface area contributed by atoms with Crippen LogP contribution in [0, 0.1) is 6.92 Å². The zero-order valence-corrected chi connectivity index (χ0v) is 21.3. The Morgan fingerprint density at radius 2 is 1.67 bits per heavy atom. The summed E-state index contributed by atoms with van der Waals surface area (Å²) in [4.78, 5) is 33.5. The van der Waals surface area contributed by atoms with Gasteiger partial charge in [-0.1, -0.05) is 90.7 Å². The van der Waals surface area contributed by atoms with E-state index in [0.717, 1.165) is 17.5 Å². The summed E-state index contributed by atoms with van der Waals surface area (Å²) in [7, 11) is 0. The van der Waals surface area contributed by atoms with Crippen LogP contribution in [0.3, 0.4) is 0 Å². The van der Waals surface area contributed by atoms with E-state index in [9.17, 15) is 9.59 Å². The van der Waals surface area contributed by atoms with Crippen LogP contribution in [-0.4, -0.2) is 31.1 Å². The number of carbonyl (C=O) groups excluding carboxylic acids is 1. The first-order chi connectivity index (χ1) is 17.5. The maximum atomic E-state index is 13.6. The zero-order chi connectivity index (χ0) is 25.1. The minimum absolute atomic E-state index is 0.210. The number of aromatic nitrogens is 2. The van der Waals surface area contributed by atoms with Crippen LogP contribution >= 0.6 is 24.0 Å². The molecule has 0 unspecified atom stereocenters. The number of pyridine rings is 1. The van der Waals surface area contributed by atoms with Gasteiger partial charge in [0.25, 0.3) is 11.5 Å². The van der Waals surface area contributed by atoms with Crippen molar-refractivity contribution in [1.82, 2.24) is 14.3 Å². The molecule has 1 amide bonds. The number of nitrogens with zero attached hydrogens (tertiary/aromatic N) is 3. The average Bonchev–Trinajstić information content (AvgIpc) is 3.15. The van der Waals surface area contributed by atoms with E-state index in [1.165, 1.54) is 21.7 Å². The summed E-state index contributed by atoms with van der Waals surface area (Å²) in [5.41, 5.74) is 3.76. The Morgan fingerprint density at radius 1 is 0.972 bits per heavy atom. The molecular formula is C28H24N4O2S2. The van der Waals surface area contributed by atoms with Gasteiger partial charge in [-0.25, -0.2) is 4.98 Å². The summed E-state index contributed by atoms with van der Waals surface area (Å²) >= 11 is 6.71. The molecule has 5 rings (SSSR count). The number of benzene rings is 2. The van der Waals surface area contributed by atoms with Gasteiger partial charge in [0.2, 0.25) is 0 Å². The number of thiocarbonyl (C=S) groups is 1. The van der Waals surface area contributed by atoms with Gasteiger partial charge in [0, 0.05) is 12.7 Å². The number of rotatable bonds is 7. The van der Waals surface area contributed by atoms with E-state index in [-0.39, 0.29) is 11.5 Å². The number of hydrogen-bond acceptors (Lipinski definition) is 6. The van der Waals surface area contributed by atoms with Crippen LogP contribution in [-0.2, 0) is 17.8 Å². The molecule has 8 heteroatoms. The predicted molar refractivity (Wildman–Crippen MR) is 150 cm³/mol. The molecule has 180 valence electrons. The molecule has 0 radical (unpaired) electrons. The van der Waals surface area contributed by atoms with Crippen molar-refractivity contribution in [2.24, 2.45) is 0 Å². The number of carbonyl (C=O) groups is 1. The van der Waals surface area contributed by atoms with Gasteiger partial charge >= 0.3 is 0 Å². The topological polar surface area (TPSA) is 66.7 Å². The Labute approximate surface area is 218 Å². The number of aryl methyl sites for hydroxylation is 1. The molecule has 0 bridgehead atoms. The normalized spacial score (nSPS) is 14.7. The lowest BCUT2D eigenvalue weighted by atomic mass is 10.1. The van der Waals surface area contributed by atoms with Gasteiger partial charge in [0.15, 0.2) is 0 Å². The third-order valence-electron chi connectivity index (χ3n) is 5.89. The number of hydrogen-bond donors (Lipinski definition) is 1. The highest BCUT2D eigenvalue weighted by atomic mass is 32.2. The lowest BCUT2D eigenvalue weighted by Gasteiger charge is -2.14. The van der Waals surface area contributed by atoms with E-state index in [0.29, 0.717) is 39.3 Å². The van der Waals surface area contributed by atoms with E-state index < -0.39 is 0 Å². The zero-order valence-electron chi connectivity index (χ0n) is 19.7. The van der Waals surface area contributed by atoms with Gasteiger partial charge in [-0.2, -0.15) is 0 Å². The van der Waals surface area contributed by atoms with E-state index >= 15 is 0 Å². The lowest BCUT2D eigenvalue weighted by Crippen LogP contribution is -2.27. The summed E-state index contributed by atoms with van der Waals surface area (Å²) in [6, 6.07) is 23.6.